The number of anilines is 2. The number of pyridine rings is 1. The standard InChI is InChI=1S/C14H17N5O2S/c1-21-14(5-2-6-14)8-16-11-4-3-10(7-15-11)12(20)18-13-19-17-9-22-13/h3-4,7,9H,2,5-6,8H2,1H3,(H,15,16)(H,18,19,20). The summed E-state index contributed by atoms with van der Waals surface area (Å²) >= 11 is 1.27. The van der Waals surface area contributed by atoms with Crippen LogP contribution in [-0.4, -0.2) is 40.3 Å². The fourth-order valence-corrected chi connectivity index (χ4v) is 2.75. The van der Waals surface area contributed by atoms with E-state index in [2.05, 4.69) is 25.8 Å². The molecule has 0 aromatic carbocycles. The van der Waals surface area contributed by atoms with Gasteiger partial charge in [0.2, 0.25) is 5.13 Å². The van der Waals surface area contributed by atoms with E-state index in [0.29, 0.717) is 10.7 Å². The van der Waals surface area contributed by atoms with Crippen LogP contribution in [0.1, 0.15) is 29.6 Å². The van der Waals surface area contributed by atoms with Gasteiger partial charge in [0.15, 0.2) is 0 Å². The predicted octanol–water partition coefficient (Wildman–Crippen LogP) is 2.17. The molecule has 1 fully saturated rings. The Kier molecular flexibility index (Phi) is 4.30. The molecule has 0 aliphatic heterocycles. The maximum Gasteiger partial charge on any atom is 0.259 e. The molecule has 7 nitrogen and oxygen atoms in total. The van der Waals surface area contributed by atoms with Crippen molar-refractivity contribution in [1.29, 1.82) is 0 Å². The zero-order chi connectivity index (χ0) is 15.4. The highest BCUT2D eigenvalue weighted by Gasteiger charge is 2.36. The number of carbonyl (C=O) groups excluding carboxylic acids is 1. The summed E-state index contributed by atoms with van der Waals surface area (Å²) in [5.41, 5.74) is 1.98. The lowest BCUT2D eigenvalue weighted by Gasteiger charge is -2.40. The van der Waals surface area contributed by atoms with Crippen LogP contribution in [0.25, 0.3) is 0 Å². The number of hydrogen-bond acceptors (Lipinski definition) is 7. The number of nitrogens with one attached hydrogen (secondary N) is 2. The number of carbonyl (C=O) groups is 1. The molecule has 2 heterocycles. The first-order valence-corrected chi connectivity index (χ1v) is 7.91. The van der Waals surface area contributed by atoms with Crippen molar-refractivity contribution in [2.75, 3.05) is 24.3 Å². The van der Waals surface area contributed by atoms with E-state index in [1.54, 1.807) is 30.9 Å². The van der Waals surface area contributed by atoms with E-state index in [4.69, 9.17) is 4.74 Å². The molecule has 1 aliphatic rings. The number of ether oxygens (including phenoxy) is 1. The zero-order valence-electron chi connectivity index (χ0n) is 12.2. The summed E-state index contributed by atoms with van der Waals surface area (Å²) in [5, 5.41) is 13.8. The van der Waals surface area contributed by atoms with E-state index in [1.165, 1.54) is 17.8 Å². The normalized spacial score (nSPS) is 15.9. The van der Waals surface area contributed by atoms with Gasteiger partial charge in [-0.25, -0.2) is 4.98 Å². The van der Waals surface area contributed by atoms with Crippen LogP contribution in [0.3, 0.4) is 0 Å². The molecule has 0 unspecified atom stereocenters. The number of nitrogens with zero attached hydrogens (tertiary/aromatic N) is 3. The minimum Gasteiger partial charge on any atom is -0.376 e. The van der Waals surface area contributed by atoms with Crippen LogP contribution in [0.2, 0.25) is 0 Å². The molecule has 116 valence electrons. The highest BCUT2D eigenvalue weighted by molar-refractivity contribution is 7.13. The molecule has 1 aliphatic carbocycles. The fourth-order valence-electron chi connectivity index (χ4n) is 2.31. The van der Waals surface area contributed by atoms with Gasteiger partial charge in [-0.15, -0.1) is 10.2 Å². The highest BCUT2D eigenvalue weighted by Crippen LogP contribution is 2.34. The largest absolute Gasteiger partial charge is 0.376 e. The van der Waals surface area contributed by atoms with Crippen molar-refractivity contribution in [1.82, 2.24) is 15.2 Å². The van der Waals surface area contributed by atoms with Crippen molar-refractivity contribution >= 4 is 28.2 Å². The Morgan fingerprint density at radius 3 is 2.86 bits per heavy atom. The third-order valence-electron chi connectivity index (χ3n) is 3.90. The predicted molar refractivity (Wildman–Crippen MR) is 84.2 cm³/mol. The van der Waals surface area contributed by atoms with Gasteiger partial charge in [0, 0.05) is 19.9 Å². The van der Waals surface area contributed by atoms with Crippen LogP contribution in [0.15, 0.2) is 23.8 Å². The monoisotopic (exact) mass is 319 g/mol. The second-order valence-electron chi connectivity index (χ2n) is 5.22. The Labute approximate surface area is 132 Å². The molecule has 0 spiro atoms. The van der Waals surface area contributed by atoms with Crippen molar-refractivity contribution in [3.8, 4) is 0 Å². The molecule has 0 atom stereocenters. The second-order valence-corrected chi connectivity index (χ2v) is 6.06. The van der Waals surface area contributed by atoms with E-state index < -0.39 is 0 Å². The average Bonchev–Trinajstić information content (AvgIpc) is 3.00. The van der Waals surface area contributed by atoms with Crippen molar-refractivity contribution in [2.24, 2.45) is 0 Å². The van der Waals surface area contributed by atoms with E-state index in [1.807, 2.05) is 0 Å². The van der Waals surface area contributed by atoms with Gasteiger partial charge in [-0.3, -0.25) is 10.1 Å². The molecule has 0 radical (unpaired) electrons. The summed E-state index contributed by atoms with van der Waals surface area (Å²) in [6, 6.07) is 3.52. The molecule has 2 N–H and O–H groups in total. The number of rotatable bonds is 6. The van der Waals surface area contributed by atoms with Gasteiger partial charge in [-0.05, 0) is 31.4 Å². The lowest BCUT2D eigenvalue weighted by atomic mass is 9.80. The van der Waals surface area contributed by atoms with Crippen LogP contribution in [0.5, 0.6) is 0 Å². The number of hydrogen-bond donors (Lipinski definition) is 2. The molecule has 2 aromatic rings. The van der Waals surface area contributed by atoms with E-state index in [-0.39, 0.29) is 11.5 Å². The Morgan fingerprint density at radius 2 is 2.32 bits per heavy atom. The van der Waals surface area contributed by atoms with E-state index in [9.17, 15) is 4.79 Å². The summed E-state index contributed by atoms with van der Waals surface area (Å²) in [6.45, 7) is 0.729. The SMILES string of the molecule is COC1(CNc2ccc(C(=O)Nc3nncs3)cn2)CCC1. The summed E-state index contributed by atoms with van der Waals surface area (Å²) in [4.78, 5) is 16.3. The van der Waals surface area contributed by atoms with Gasteiger partial charge < -0.3 is 10.1 Å². The van der Waals surface area contributed by atoms with Gasteiger partial charge in [-0.2, -0.15) is 0 Å². The minimum atomic E-state index is -0.247. The molecule has 1 amide bonds. The van der Waals surface area contributed by atoms with Gasteiger partial charge in [0.05, 0.1) is 11.2 Å². The third kappa shape index (κ3) is 3.23. The smallest absolute Gasteiger partial charge is 0.259 e. The Bertz CT molecular complexity index is 620. The van der Waals surface area contributed by atoms with Crippen LogP contribution in [0.4, 0.5) is 10.9 Å². The van der Waals surface area contributed by atoms with Crippen molar-refractivity contribution in [3.63, 3.8) is 0 Å². The lowest BCUT2D eigenvalue weighted by Crippen LogP contribution is -2.45. The number of amides is 1. The molecule has 0 bridgehead atoms. The Morgan fingerprint density at radius 1 is 1.45 bits per heavy atom. The van der Waals surface area contributed by atoms with Gasteiger partial charge >= 0.3 is 0 Å². The lowest BCUT2D eigenvalue weighted by molar-refractivity contribution is -0.0601. The van der Waals surface area contributed by atoms with Gasteiger partial charge in [0.25, 0.3) is 5.91 Å². The summed E-state index contributed by atoms with van der Waals surface area (Å²) in [7, 11) is 1.75. The molecule has 3 rings (SSSR count). The van der Waals surface area contributed by atoms with Crippen molar-refractivity contribution < 1.29 is 9.53 Å². The van der Waals surface area contributed by atoms with Crippen LogP contribution >= 0.6 is 11.3 Å². The fraction of sp³-hybridized carbons (Fsp3) is 0.429. The first kappa shape index (κ1) is 14.9. The second kappa shape index (κ2) is 6.37. The number of methoxy groups -OCH3 is 1. The zero-order valence-corrected chi connectivity index (χ0v) is 13.0. The van der Waals surface area contributed by atoms with Crippen molar-refractivity contribution in [3.05, 3.63) is 29.4 Å². The van der Waals surface area contributed by atoms with Gasteiger partial charge in [-0.1, -0.05) is 11.3 Å². The first-order valence-electron chi connectivity index (χ1n) is 7.03. The molecule has 8 heteroatoms. The highest BCUT2D eigenvalue weighted by atomic mass is 32.1. The van der Waals surface area contributed by atoms with E-state index in [0.717, 1.165) is 25.2 Å². The Hall–Kier alpha value is -2.06. The third-order valence-corrected chi connectivity index (χ3v) is 4.50. The van der Waals surface area contributed by atoms with Crippen LogP contribution in [-0.2, 0) is 4.74 Å². The molecule has 2 aromatic heterocycles. The quantitative estimate of drug-likeness (QED) is 0.848. The summed E-state index contributed by atoms with van der Waals surface area (Å²) in [5.74, 6) is 0.485. The number of aromatic nitrogens is 3. The maximum atomic E-state index is 12.0. The summed E-state index contributed by atoms with van der Waals surface area (Å²) < 4.78 is 5.55. The molecular formula is C14H17N5O2S. The average molecular weight is 319 g/mol. The minimum absolute atomic E-state index is 0.0600. The topological polar surface area (TPSA) is 89.0 Å². The first-order chi connectivity index (χ1) is 10.7. The molecule has 22 heavy (non-hydrogen) atoms. The van der Waals surface area contributed by atoms with Crippen LogP contribution in [0, 0.1) is 0 Å². The van der Waals surface area contributed by atoms with E-state index >= 15 is 0 Å². The molecule has 0 saturated heterocycles. The van der Waals surface area contributed by atoms with Crippen LogP contribution < -0.4 is 10.6 Å². The molecule has 1 saturated carbocycles. The summed E-state index contributed by atoms with van der Waals surface area (Å²) in [6.07, 6.45) is 4.88. The maximum absolute atomic E-state index is 12.0. The Balaban J connectivity index is 1.56. The molecular weight excluding hydrogens is 302 g/mol. The van der Waals surface area contributed by atoms with Crippen molar-refractivity contribution in [2.45, 2.75) is 24.9 Å². The van der Waals surface area contributed by atoms with Gasteiger partial charge in [0.1, 0.15) is 11.3 Å².